The number of benzene rings is 1. The second-order valence-electron chi connectivity index (χ2n) is 3.73. The molecule has 0 aliphatic carbocycles. The van der Waals surface area contributed by atoms with E-state index in [0.717, 1.165) is 0 Å². The van der Waals surface area contributed by atoms with Crippen LogP contribution in [0, 0.1) is 0 Å². The minimum Gasteiger partial charge on any atom is -0.480 e. The van der Waals surface area contributed by atoms with Crippen molar-refractivity contribution in [2.75, 3.05) is 5.32 Å². The van der Waals surface area contributed by atoms with E-state index in [1.807, 2.05) is 0 Å². The number of sulfonamides is 1. The quantitative estimate of drug-likeness (QED) is 0.614. The molecule has 0 radical (unpaired) electrons. The third-order valence-corrected chi connectivity index (χ3v) is 3.09. The Balaban J connectivity index is 2.69. The Hall–Kier alpha value is -2.13. The Labute approximate surface area is 109 Å². The van der Waals surface area contributed by atoms with E-state index in [9.17, 15) is 18.0 Å². The van der Waals surface area contributed by atoms with E-state index in [0.29, 0.717) is 5.69 Å². The normalized spacial score (nSPS) is 12.5. The van der Waals surface area contributed by atoms with Crippen molar-refractivity contribution in [2.45, 2.75) is 17.9 Å². The number of carboxylic acids is 1. The van der Waals surface area contributed by atoms with Gasteiger partial charge in [0.1, 0.15) is 6.04 Å². The van der Waals surface area contributed by atoms with E-state index in [2.05, 4.69) is 10.6 Å². The molecule has 1 aromatic carbocycles. The summed E-state index contributed by atoms with van der Waals surface area (Å²) in [4.78, 5) is 21.8. The lowest BCUT2D eigenvalue weighted by molar-refractivity contribution is -0.138. The first-order chi connectivity index (χ1) is 8.70. The Morgan fingerprint density at radius 3 is 2.21 bits per heavy atom. The molecular formula is C10H13N3O5S. The fourth-order valence-corrected chi connectivity index (χ4v) is 1.67. The van der Waals surface area contributed by atoms with E-state index >= 15 is 0 Å². The van der Waals surface area contributed by atoms with Crippen molar-refractivity contribution >= 4 is 27.7 Å². The second-order valence-corrected chi connectivity index (χ2v) is 5.29. The van der Waals surface area contributed by atoms with E-state index in [-0.39, 0.29) is 4.90 Å². The van der Waals surface area contributed by atoms with Crippen LogP contribution in [-0.2, 0) is 14.8 Å². The van der Waals surface area contributed by atoms with Crippen molar-refractivity contribution in [2.24, 2.45) is 5.14 Å². The third-order valence-electron chi connectivity index (χ3n) is 2.16. The highest BCUT2D eigenvalue weighted by molar-refractivity contribution is 7.89. The molecule has 1 atom stereocenters. The highest BCUT2D eigenvalue weighted by Crippen LogP contribution is 2.12. The van der Waals surface area contributed by atoms with Crippen LogP contribution < -0.4 is 15.8 Å². The van der Waals surface area contributed by atoms with Gasteiger partial charge in [-0.2, -0.15) is 0 Å². The third kappa shape index (κ3) is 4.56. The van der Waals surface area contributed by atoms with Gasteiger partial charge in [0.05, 0.1) is 4.90 Å². The largest absolute Gasteiger partial charge is 0.480 e. The fourth-order valence-electron chi connectivity index (χ4n) is 1.15. The number of carbonyl (C=O) groups excluding carboxylic acids is 1. The van der Waals surface area contributed by atoms with Crippen LogP contribution in [0.15, 0.2) is 29.2 Å². The predicted molar refractivity (Wildman–Crippen MR) is 67.1 cm³/mol. The van der Waals surface area contributed by atoms with Gasteiger partial charge >= 0.3 is 12.0 Å². The molecule has 19 heavy (non-hydrogen) atoms. The molecule has 5 N–H and O–H groups in total. The number of rotatable bonds is 4. The summed E-state index contributed by atoms with van der Waals surface area (Å²) in [6.45, 7) is 1.31. The molecule has 0 aromatic heterocycles. The molecule has 2 amide bonds. The van der Waals surface area contributed by atoms with Crippen LogP contribution in [0.4, 0.5) is 10.5 Å². The maximum atomic E-state index is 11.4. The Bertz CT molecular complexity index is 582. The van der Waals surface area contributed by atoms with Crippen molar-refractivity contribution in [1.82, 2.24) is 5.32 Å². The summed E-state index contributed by atoms with van der Waals surface area (Å²) < 4.78 is 22.0. The maximum absolute atomic E-state index is 11.4. The molecule has 8 nitrogen and oxygen atoms in total. The Kier molecular flexibility index (Phi) is 4.46. The van der Waals surface area contributed by atoms with Crippen molar-refractivity contribution in [1.29, 1.82) is 0 Å². The van der Waals surface area contributed by atoms with E-state index in [4.69, 9.17) is 10.2 Å². The zero-order valence-corrected chi connectivity index (χ0v) is 10.8. The van der Waals surface area contributed by atoms with Gasteiger partial charge in [-0.05, 0) is 31.2 Å². The molecule has 0 heterocycles. The fraction of sp³-hybridized carbons (Fsp3) is 0.200. The van der Waals surface area contributed by atoms with Crippen LogP contribution in [0.2, 0.25) is 0 Å². The first-order valence-electron chi connectivity index (χ1n) is 5.13. The number of nitrogens with two attached hydrogens (primary N) is 1. The number of aliphatic carboxylic acids is 1. The molecule has 9 heteroatoms. The molecule has 1 rings (SSSR count). The smallest absolute Gasteiger partial charge is 0.325 e. The predicted octanol–water partition coefficient (Wildman–Crippen LogP) is -0.0714. The molecule has 0 aliphatic rings. The number of hydrogen-bond donors (Lipinski definition) is 4. The van der Waals surface area contributed by atoms with Crippen LogP contribution in [0.25, 0.3) is 0 Å². The van der Waals surface area contributed by atoms with Crippen molar-refractivity contribution in [3.05, 3.63) is 24.3 Å². The second kappa shape index (κ2) is 5.67. The summed E-state index contributed by atoms with van der Waals surface area (Å²) in [5, 5.41) is 18.1. The van der Waals surface area contributed by atoms with Gasteiger partial charge < -0.3 is 15.7 Å². The molecular weight excluding hydrogens is 274 g/mol. The highest BCUT2D eigenvalue weighted by atomic mass is 32.2. The first-order valence-corrected chi connectivity index (χ1v) is 6.68. The summed E-state index contributed by atoms with van der Waals surface area (Å²) in [5.74, 6) is -1.17. The zero-order valence-electron chi connectivity index (χ0n) is 9.95. The topological polar surface area (TPSA) is 139 Å². The lowest BCUT2D eigenvalue weighted by Crippen LogP contribution is -2.40. The standard InChI is InChI=1S/C10H13N3O5S/c1-6(9(14)15)12-10(16)13-7-2-4-8(5-3-7)19(11,17)18/h2-6H,1H3,(H,14,15)(H2,11,17,18)(H2,12,13,16). The summed E-state index contributed by atoms with van der Waals surface area (Å²) in [7, 11) is -3.78. The molecule has 0 spiro atoms. The van der Waals surface area contributed by atoms with Crippen molar-refractivity contribution in [3.8, 4) is 0 Å². The zero-order chi connectivity index (χ0) is 14.6. The van der Waals surface area contributed by atoms with Gasteiger partial charge in [-0.1, -0.05) is 0 Å². The molecule has 0 fully saturated rings. The molecule has 1 unspecified atom stereocenters. The molecule has 1 aromatic rings. The van der Waals surface area contributed by atoms with Gasteiger partial charge in [0.25, 0.3) is 0 Å². The van der Waals surface area contributed by atoms with E-state index in [1.54, 1.807) is 0 Å². The van der Waals surface area contributed by atoms with Gasteiger partial charge in [-0.25, -0.2) is 18.4 Å². The maximum Gasteiger partial charge on any atom is 0.325 e. The van der Waals surface area contributed by atoms with Gasteiger partial charge in [0, 0.05) is 5.69 Å². The van der Waals surface area contributed by atoms with E-state index in [1.165, 1.54) is 31.2 Å². The van der Waals surface area contributed by atoms with Crippen LogP contribution >= 0.6 is 0 Å². The van der Waals surface area contributed by atoms with Crippen LogP contribution in [0.1, 0.15) is 6.92 Å². The van der Waals surface area contributed by atoms with Crippen molar-refractivity contribution < 1.29 is 23.1 Å². The van der Waals surface area contributed by atoms with Gasteiger partial charge in [0.2, 0.25) is 10.0 Å². The summed E-state index contributed by atoms with van der Waals surface area (Å²) >= 11 is 0. The number of hydrogen-bond acceptors (Lipinski definition) is 4. The summed E-state index contributed by atoms with van der Waals surface area (Å²) in [6, 6.07) is 3.38. The molecule has 0 aliphatic heterocycles. The molecule has 104 valence electrons. The van der Waals surface area contributed by atoms with Crippen molar-refractivity contribution in [3.63, 3.8) is 0 Å². The first kappa shape index (κ1) is 14.9. The molecule has 0 saturated carbocycles. The summed E-state index contributed by atoms with van der Waals surface area (Å²) in [5.41, 5.74) is 0.308. The lowest BCUT2D eigenvalue weighted by atomic mass is 10.3. The SMILES string of the molecule is CC(NC(=O)Nc1ccc(S(N)(=O)=O)cc1)C(=O)O. The number of nitrogens with one attached hydrogen (secondary N) is 2. The number of anilines is 1. The Morgan fingerprint density at radius 1 is 1.26 bits per heavy atom. The number of carbonyl (C=O) groups is 2. The molecule has 0 saturated heterocycles. The average Bonchev–Trinajstić information content (AvgIpc) is 2.28. The van der Waals surface area contributed by atoms with Gasteiger partial charge in [-0.15, -0.1) is 0 Å². The summed E-state index contributed by atoms with van der Waals surface area (Å²) in [6.07, 6.45) is 0. The van der Waals surface area contributed by atoms with Gasteiger partial charge in [0.15, 0.2) is 0 Å². The number of carboxylic acid groups (broad SMARTS) is 1. The Morgan fingerprint density at radius 2 is 1.79 bits per heavy atom. The highest BCUT2D eigenvalue weighted by Gasteiger charge is 2.14. The number of primary sulfonamides is 1. The monoisotopic (exact) mass is 287 g/mol. The average molecular weight is 287 g/mol. The van der Waals surface area contributed by atoms with Crippen LogP contribution in [0.3, 0.4) is 0 Å². The molecule has 0 bridgehead atoms. The minimum atomic E-state index is -3.78. The van der Waals surface area contributed by atoms with Crippen LogP contribution in [0.5, 0.6) is 0 Å². The minimum absolute atomic E-state index is 0.0858. The lowest BCUT2D eigenvalue weighted by Gasteiger charge is -2.10. The van der Waals surface area contributed by atoms with Gasteiger partial charge in [-0.3, -0.25) is 4.79 Å². The van der Waals surface area contributed by atoms with E-state index < -0.39 is 28.1 Å². The number of urea groups is 1. The van der Waals surface area contributed by atoms with Crippen LogP contribution in [-0.4, -0.2) is 31.6 Å². The number of amides is 2.